The fourth-order valence-electron chi connectivity index (χ4n) is 1.75. The lowest BCUT2D eigenvalue weighted by Crippen LogP contribution is -1.90. The molecular weight excluding hydrogens is 258 g/mol. The van der Waals surface area contributed by atoms with Crippen LogP contribution in [0.25, 0.3) is 20.8 Å². The van der Waals surface area contributed by atoms with Gasteiger partial charge in [0, 0.05) is 22.8 Å². The van der Waals surface area contributed by atoms with Gasteiger partial charge in [0.25, 0.3) is 0 Å². The van der Waals surface area contributed by atoms with Crippen LogP contribution in [0.2, 0.25) is 0 Å². The van der Waals surface area contributed by atoms with Gasteiger partial charge in [-0.05, 0) is 30.3 Å². The maximum absolute atomic E-state index is 7.16. The number of hydrogen-bond acceptors (Lipinski definition) is 5. The number of methoxy groups -OCH3 is 1. The van der Waals surface area contributed by atoms with Crippen LogP contribution in [0.15, 0.2) is 36.5 Å². The maximum atomic E-state index is 7.16. The third-order valence-corrected chi connectivity index (χ3v) is 3.80. The molecule has 0 bridgehead atoms. The van der Waals surface area contributed by atoms with Crippen molar-refractivity contribution in [3.8, 4) is 16.3 Å². The van der Waals surface area contributed by atoms with Crippen molar-refractivity contribution >= 4 is 27.4 Å². The van der Waals surface area contributed by atoms with E-state index >= 15 is 0 Å². The second-order valence-electron chi connectivity index (χ2n) is 3.91. The van der Waals surface area contributed by atoms with E-state index in [1.165, 1.54) is 11.3 Å². The number of nitrogens with zero attached hydrogens (tertiary/aromatic N) is 2. The number of aromatic nitrogens is 2. The van der Waals surface area contributed by atoms with Gasteiger partial charge in [-0.25, -0.2) is 9.97 Å². The van der Waals surface area contributed by atoms with Crippen molar-refractivity contribution in [1.82, 2.24) is 9.97 Å². The predicted molar refractivity (Wildman–Crippen MR) is 78.9 cm³/mol. The Bertz CT molecular complexity index is 799. The van der Waals surface area contributed by atoms with E-state index in [0.29, 0.717) is 5.82 Å². The number of pyridine rings is 1. The van der Waals surface area contributed by atoms with E-state index in [-0.39, 0.29) is 0 Å². The van der Waals surface area contributed by atoms with Gasteiger partial charge in [-0.2, -0.15) is 0 Å². The lowest BCUT2D eigenvalue weighted by atomic mass is 10.3. The van der Waals surface area contributed by atoms with Crippen LogP contribution in [0.5, 0.6) is 5.75 Å². The van der Waals surface area contributed by atoms with Gasteiger partial charge < -0.3 is 10.1 Å². The number of benzene rings is 1. The highest BCUT2D eigenvalue weighted by Crippen LogP contribution is 2.32. The fraction of sp³-hybridized carbons (Fsp3) is 0.143. The summed E-state index contributed by atoms with van der Waals surface area (Å²) >= 11 is 1.54. The minimum absolute atomic E-state index is 0.312. The molecule has 4 nitrogen and oxygen atoms in total. The molecule has 0 spiro atoms. The number of thiazole rings is 1. The molecule has 5 heteroatoms. The summed E-state index contributed by atoms with van der Waals surface area (Å²) in [4.78, 5) is 8.67. The first-order chi connectivity index (χ1) is 10.4. The Balaban J connectivity index is 1.90. The summed E-state index contributed by atoms with van der Waals surface area (Å²) in [6.45, 7) is -2.25. The molecule has 1 aromatic carbocycles. The van der Waals surface area contributed by atoms with Gasteiger partial charge in [-0.15, -0.1) is 11.3 Å². The Hall–Kier alpha value is -2.14. The molecule has 0 aliphatic carbocycles. The molecule has 19 heavy (non-hydrogen) atoms. The molecule has 0 atom stereocenters. The normalized spacial score (nSPS) is 13.6. The summed E-state index contributed by atoms with van der Waals surface area (Å²) < 4.78 is 27.7. The molecule has 0 saturated heterocycles. The van der Waals surface area contributed by atoms with Crippen LogP contribution in [0.3, 0.4) is 0 Å². The van der Waals surface area contributed by atoms with Gasteiger partial charge in [0.2, 0.25) is 0 Å². The largest absolute Gasteiger partial charge is 0.497 e. The molecule has 0 aliphatic heterocycles. The molecule has 0 radical (unpaired) electrons. The molecule has 0 unspecified atom stereocenters. The van der Waals surface area contributed by atoms with Crippen molar-refractivity contribution in [2.24, 2.45) is 0 Å². The van der Waals surface area contributed by atoms with E-state index in [4.69, 9.17) is 8.85 Å². The summed E-state index contributed by atoms with van der Waals surface area (Å²) in [5.74, 6) is 1.10. The van der Waals surface area contributed by atoms with Gasteiger partial charge in [-0.3, -0.25) is 0 Å². The number of fused-ring (bicyclic) bond motifs is 1. The Labute approximate surface area is 119 Å². The Kier molecular flexibility index (Phi) is 2.27. The quantitative estimate of drug-likeness (QED) is 0.797. The first kappa shape index (κ1) is 8.87. The Morgan fingerprint density at radius 2 is 2.26 bits per heavy atom. The van der Waals surface area contributed by atoms with Crippen LogP contribution in [-0.2, 0) is 0 Å². The van der Waals surface area contributed by atoms with Gasteiger partial charge in [0.15, 0.2) is 0 Å². The average molecular weight is 277 g/mol. The summed E-state index contributed by atoms with van der Waals surface area (Å²) in [7, 11) is 1.63. The monoisotopic (exact) mass is 277 g/mol. The van der Waals surface area contributed by atoms with Crippen molar-refractivity contribution in [3.63, 3.8) is 0 Å². The second kappa shape index (κ2) is 4.85. The molecule has 2 heterocycles. The van der Waals surface area contributed by atoms with Gasteiger partial charge in [0.1, 0.15) is 16.6 Å². The van der Waals surface area contributed by atoms with Crippen LogP contribution >= 0.6 is 11.3 Å². The number of nitrogens with one attached hydrogen (secondary N) is 1. The van der Waals surface area contributed by atoms with E-state index in [2.05, 4.69) is 15.3 Å². The molecule has 0 fully saturated rings. The zero-order valence-electron chi connectivity index (χ0n) is 13.2. The molecule has 2 aromatic heterocycles. The van der Waals surface area contributed by atoms with Crippen LogP contribution in [0.1, 0.15) is 4.11 Å². The van der Waals surface area contributed by atoms with Crippen molar-refractivity contribution in [2.75, 3.05) is 19.4 Å². The molecule has 0 amide bonds. The van der Waals surface area contributed by atoms with Crippen molar-refractivity contribution < 1.29 is 8.85 Å². The molecule has 96 valence electrons. The lowest BCUT2D eigenvalue weighted by Gasteiger charge is -1.99. The van der Waals surface area contributed by atoms with Gasteiger partial charge >= 0.3 is 0 Å². The lowest BCUT2D eigenvalue weighted by molar-refractivity contribution is 0.415. The summed E-state index contributed by atoms with van der Waals surface area (Å²) in [6.07, 6.45) is 1.61. The smallest absolute Gasteiger partial charge is 0.126 e. The van der Waals surface area contributed by atoms with Crippen LogP contribution in [-0.4, -0.2) is 24.1 Å². The van der Waals surface area contributed by atoms with E-state index in [9.17, 15) is 0 Å². The minimum Gasteiger partial charge on any atom is -0.497 e. The number of rotatable bonds is 3. The van der Waals surface area contributed by atoms with E-state index in [0.717, 1.165) is 26.5 Å². The Morgan fingerprint density at radius 3 is 3.00 bits per heavy atom. The van der Waals surface area contributed by atoms with Crippen LogP contribution in [0.4, 0.5) is 5.82 Å². The van der Waals surface area contributed by atoms with Gasteiger partial charge in [-0.1, -0.05) is 0 Å². The predicted octanol–water partition coefficient (Wildman–Crippen LogP) is 3.41. The highest BCUT2D eigenvalue weighted by Gasteiger charge is 2.07. The summed E-state index contributed by atoms with van der Waals surface area (Å²) in [5, 5.41) is 3.19. The zero-order chi connectivity index (χ0) is 15.7. The highest BCUT2D eigenvalue weighted by molar-refractivity contribution is 7.21. The van der Waals surface area contributed by atoms with Crippen molar-refractivity contribution in [2.45, 2.75) is 0 Å². The third kappa shape index (κ3) is 2.24. The SMILES string of the molecule is [3H]C([3H])([3H])Nc1ccc(-c2nc3ccc(OC)cc3s2)cn1. The van der Waals surface area contributed by atoms with Gasteiger partial charge in [0.05, 0.1) is 17.3 Å². The maximum Gasteiger partial charge on any atom is 0.126 e. The molecule has 3 aromatic rings. The fourth-order valence-corrected chi connectivity index (χ4v) is 2.73. The average Bonchev–Trinajstić information content (AvgIpc) is 2.89. The van der Waals surface area contributed by atoms with Crippen LogP contribution in [0, 0.1) is 0 Å². The molecule has 1 N–H and O–H groups in total. The highest BCUT2D eigenvalue weighted by atomic mass is 32.1. The summed E-state index contributed by atoms with van der Waals surface area (Å²) in [6, 6.07) is 9.15. The standard InChI is InChI=1S/C14H13N3OS/c1-15-13-6-3-9(8-16-13)14-17-11-5-4-10(18-2)7-12(11)19-14/h3-8H,1-2H3,(H,15,16)/i1T3. The topological polar surface area (TPSA) is 47.0 Å². The molecule has 0 aliphatic rings. The molecule has 3 rings (SSSR count). The number of ether oxygens (including phenoxy) is 1. The number of anilines is 1. The van der Waals surface area contributed by atoms with E-state index in [1.54, 1.807) is 25.4 Å². The zero-order valence-corrected chi connectivity index (χ0v) is 11.0. The first-order valence-electron chi connectivity index (χ1n) is 7.14. The van der Waals surface area contributed by atoms with Crippen molar-refractivity contribution in [1.29, 1.82) is 0 Å². The third-order valence-electron chi connectivity index (χ3n) is 2.73. The molecule has 0 saturated carbocycles. The minimum atomic E-state index is -2.25. The van der Waals surface area contributed by atoms with E-state index in [1.807, 2.05) is 18.2 Å². The van der Waals surface area contributed by atoms with Crippen LogP contribution < -0.4 is 10.1 Å². The molecular formula is C14H13N3OS. The first-order valence-corrected chi connectivity index (χ1v) is 6.45. The second-order valence-corrected chi connectivity index (χ2v) is 4.94. The number of hydrogen-bond donors (Lipinski definition) is 1. The van der Waals surface area contributed by atoms with Crippen molar-refractivity contribution in [3.05, 3.63) is 36.5 Å². The summed E-state index contributed by atoms with van der Waals surface area (Å²) in [5.41, 5.74) is 1.74. The van der Waals surface area contributed by atoms with E-state index < -0.39 is 6.98 Å². The Morgan fingerprint density at radius 1 is 1.32 bits per heavy atom.